The number of methoxy groups -OCH3 is 1. The van der Waals surface area contributed by atoms with Gasteiger partial charge in [-0.1, -0.05) is 0 Å². The van der Waals surface area contributed by atoms with E-state index in [0.29, 0.717) is 12.8 Å². The first kappa shape index (κ1) is 12.0. The standard InChI is InChI=1S/C11H19NO3/c1-15-11(14)7-3-2-6-10(13)12-8-4-5-9-12/h2-9H2,1H3. The first-order valence-corrected chi connectivity index (χ1v) is 5.58. The molecule has 86 valence electrons. The molecule has 0 unspecified atom stereocenters. The SMILES string of the molecule is COC(=O)CCCCC(=O)N1CCCC1. The van der Waals surface area contributed by atoms with Crippen LogP contribution in [0.3, 0.4) is 0 Å². The van der Waals surface area contributed by atoms with Gasteiger partial charge in [-0.05, 0) is 25.7 Å². The number of carbonyl (C=O) groups is 2. The highest BCUT2D eigenvalue weighted by molar-refractivity contribution is 5.76. The van der Waals surface area contributed by atoms with E-state index in [9.17, 15) is 9.59 Å². The van der Waals surface area contributed by atoms with Crippen molar-refractivity contribution in [3.05, 3.63) is 0 Å². The minimum absolute atomic E-state index is 0.191. The third-order valence-corrected chi connectivity index (χ3v) is 2.71. The number of hydrogen-bond donors (Lipinski definition) is 0. The number of ether oxygens (including phenoxy) is 1. The fourth-order valence-electron chi connectivity index (χ4n) is 1.77. The summed E-state index contributed by atoms with van der Waals surface area (Å²) in [5.41, 5.74) is 0. The third kappa shape index (κ3) is 4.32. The van der Waals surface area contributed by atoms with Gasteiger partial charge in [-0.15, -0.1) is 0 Å². The molecule has 1 aliphatic rings. The predicted molar refractivity (Wildman–Crippen MR) is 56.3 cm³/mol. The Bertz CT molecular complexity index is 222. The minimum atomic E-state index is -0.191. The lowest BCUT2D eigenvalue weighted by Crippen LogP contribution is -2.27. The number of rotatable bonds is 5. The molecule has 0 saturated carbocycles. The summed E-state index contributed by atoms with van der Waals surface area (Å²) < 4.78 is 4.52. The molecular formula is C11H19NO3. The number of esters is 1. The van der Waals surface area contributed by atoms with E-state index in [-0.39, 0.29) is 11.9 Å². The van der Waals surface area contributed by atoms with Crippen LogP contribution in [0.2, 0.25) is 0 Å². The summed E-state index contributed by atoms with van der Waals surface area (Å²) in [6, 6.07) is 0. The molecule has 1 aliphatic heterocycles. The third-order valence-electron chi connectivity index (χ3n) is 2.71. The van der Waals surface area contributed by atoms with Crippen molar-refractivity contribution in [2.45, 2.75) is 38.5 Å². The topological polar surface area (TPSA) is 46.6 Å². The van der Waals surface area contributed by atoms with Gasteiger partial charge in [-0.2, -0.15) is 0 Å². The van der Waals surface area contributed by atoms with E-state index in [1.165, 1.54) is 7.11 Å². The second kappa shape index (κ2) is 6.43. The van der Waals surface area contributed by atoms with Gasteiger partial charge in [0, 0.05) is 25.9 Å². The Morgan fingerprint density at radius 3 is 2.33 bits per heavy atom. The Hall–Kier alpha value is -1.06. The van der Waals surface area contributed by atoms with Crippen molar-refractivity contribution in [3.8, 4) is 0 Å². The van der Waals surface area contributed by atoms with Crippen molar-refractivity contribution in [2.24, 2.45) is 0 Å². The Kier molecular flexibility index (Phi) is 5.15. The molecule has 0 aromatic rings. The van der Waals surface area contributed by atoms with E-state index in [2.05, 4.69) is 4.74 Å². The van der Waals surface area contributed by atoms with Crippen molar-refractivity contribution < 1.29 is 14.3 Å². The van der Waals surface area contributed by atoms with Crippen molar-refractivity contribution >= 4 is 11.9 Å². The highest BCUT2D eigenvalue weighted by atomic mass is 16.5. The van der Waals surface area contributed by atoms with Gasteiger partial charge >= 0.3 is 5.97 Å². The molecule has 0 atom stereocenters. The summed E-state index contributed by atoms with van der Waals surface area (Å²) in [5, 5.41) is 0. The van der Waals surface area contributed by atoms with Gasteiger partial charge < -0.3 is 9.64 Å². The van der Waals surface area contributed by atoms with Gasteiger partial charge in [0.25, 0.3) is 0 Å². The maximum Gasteiger partial charge on any atom is 0.305 e. The summed E-state index contributed by atoms with van der Waals surface area (Å²) in [6.45, 7) is 1.83. The fourth-order valence-corrected chi connectivity index (χ4v) is 1.77. The second-order valence-corrected chi connectivity index (χ2v) is 3.87. The molecule has 15 heavy (non-hydrogen) atoms. The molecule has 0 aliphatic carbocycles. The number of carbonyl (C=O) groups excluding carboxylic acids is 2. The van der Waals surface area contributed by atoms with Gasteiger partial charge in [-0.25, -0.2) is 0 Å². The van der Waals surface area contributed by atoms with Gasteiger partial charge in [0.2, 0.25) is 5.91 Å². The number of nitrogens with zero attached hydrogens (tertiary/aromatic N) is 1. The molecule has 1 saturated heterocycles. The largest absolute Gasteiger partial charge is 0.469 e. The van der Waals surface area contributed by atoms with Crippen molar-refractivity contribution in [1.82, 2.24) is 4.90 Å². The highest BCUT2D eigenvalue weighted by Crippen LogP contribution is 2.11. The van der Waals surface area contributed by atoms with Crippen molar-refractivity contribution in [2.75, 3.05) is 20.2 Å². The van der Waals surface area contributed by atoms with E-state index in [0.717, 1.165) is 38.8 Å². The Balaban J connectivity index is 2.04. The average Bonchev–Trinajstić information content (AvgIpc) is 2.77. The number of unbranched alkanes of at least 4 members (excludes halogenated alkanes) is 1. The first-order valence-electron chi connectivity index (χ1n) is 5.58. The van der Waals surface area contributed by atoms with Crippen molar-refractivity contribution in [3.63, 3.8) is 0 Å². The molecule has 0 radical (unpaired) electrons. The normalized spacial score (nSPS) is 15.4. The highest BCUT2D eigenvalue weighted by Gasteiger charge is 2.16. The van der Waals surface area contributed by atoms with Crippen LogP contribution in [-0.4, -0.2) is 37.0 Å². The maximum atomic E-state index is 11.6. The molecule has 1 heterocycles. The Morgan fingerprint density at radius 2 is 1.73 bits per heavy atom. The van der Waals surface area contributed by atoms with Crippen LogP contribution < -0.4 is 0 Å². The zero-order chi connectivity index (χ0) is 11.1. The molecule has 4 heteroatoms. The van der Waals surface area contributed by atoms with Crippen LogP contribution in [0.4, 0.5) is 0 Å². The Labute approximate surface area is 90.6 Å². The van der Waals surface area contributed by atoms with E-state index >= 15 is 0 Å². The zero-order valence-electron chi connectivity index (χ0n) is 9.33. The number of hydrogen-bond acceptors (Lipinski definition) is 3. The number of amides is 1. The lowest BCUT2D eigenvalue weighted by Gasteiger charge is -2.14. The van der Waals surface area contributed by atoms with Crippen LogP contribution in [0.5, 0.6) is 0 Å². The quantitative estimate of drug-likeness (QED) is 0.511. The summed E-state index contributed by atoms with van der Waals surface area (Å²) >= 11 is 0. The predicted octanol–water partition coefficient (Wildman–Crippen LogP) is 1.34. The van der Waals surface area contributed by atoms with Crippen LogP contribution >= 0.6 is 0 Å². The molecule has 1 amide bonds. The van der Waals surface area contributed by atoms with E-state index in [1.54, 1.807) is 0 Å². The average molecular weight is 213 g/mol. The second-order valence-electron chi connectivity index (χ2n) is 3.87. The molecule has 1 rings (SSSR count). The van der Waals surface area contributed by atoms with Crippen LogP contribution in [0, 0.1) is 0 Å². The maximum absolute atomic E-state index is 11.6. The molecule has 0 aromatic heterocycles. The lowest BCUT2D eigenvalue weighted by atomic mass is 10.2. The smallest absolute Gasteiger partial charge is 0.305 e. The monoisotopic (exact) mass is 213 g/mol. The van der Waals surface area contributed by atoms with Gasteiger partial charge in [0.15, 0.2) is 0 Å². The minimum Gasteiger partial charge on any atom is -0.469 e. The van der Waals surface area contributed by atoms with Gasteiger partial charge in [0.05, 0.1) is 7.11 Å². The molecule has 0 bridgehead atoms. The Morgan fingerprint density at radius 1 is 1.13 bits per heavy atom. The van der Waals surface area contributed by atoms with Crippen LogP contribution in [0.15, 0.2) is 0 Å². The summed E-state index contributed by atoms with van der Waals surface area (Å²) in [4.78, 5) is 24.3. The number of likely N-dealkylation sites (tertiary alicyclic amines) is 1. The molecular weight excluding hydrogens is 194 g/mol. The molecule has 4 nitrogen and oxygen atoms in total. The van der Waals surface area contributed by atoms with E-state index in [1.807, 2.05) is 4.90 Å². The lowest BCUT2D eigenvalue weighted by molar-refractivity contribution is -0.141. The van der Waals surface area contributed by atoms with Crippen LogP contribution in [0.1, 0.15) is 38.5 Å². The van der Waals surface area contributed by atoms with E-state index < -0.39 is 0 Å². The summed E-state index contributed by atoms with van der Waals surface area (Å²) in [6.07, 6.45) is 4.78. The molecule has 0 spiro atoms. The molecule has 1 fully saturated rings. The van der Waals surface area contributed by atoms with Gasteiger partial charge in [-0.3, -0.25) is 9.59 Å². The van der Waals surface area contributed by atoms with Crippen LogP contribution in [-0.2, 0) is 14.3 Å². The molecule has 0 N–H and O–H groups in total. The zero-order valence-corrected chi connectivity index (χ0v) is 9.33. The van der Waals surface area contributed by atoms with Gasteiger partial charge in [0.1, 0.15) is 0 Å². The van der Waals surface area contributed by atoms with Crippen LogP contribution in [0.25, 0.3) is 0 Å². The van der Waals surface area contributed by atoms with Crippen molar-refractivity contribution in [1.29, 1.82) is 0 Å². The first-order chi connectivity index (χ1) is 7.24. The summed E-state index contributed by atoms with van der Waals surface area (Å²) in [5.74, 6) is 0.0426. The fraction of sp³-hybridized carbons (Fsp3) is 0.818. The van der Waals surface area contributed by atoms with E-state index in [4.69, 9.17) is 0 Å². The summed E-state index contributed by atoms with van der Waals surface area (Å²) in [7, 11) is 1.39. The molecule has 0 aromatic carbocycles.